The first-order chi connectivity index (χ1) is 9.23. The molecule has 0 aliphatic carbocycles. The monoisotopic (exact) mass is 283 g/mol. The Kier molecular flexibility index (Phi) is 7.03. The van der Waals surface area contributed by atoms with E-state index in [9.17, 15) is 0 Å². The highest BCUT2D eigenvalue weighted by atomic mass is 15.4. The van der Waals surface area contributed by atoms with Gasteiger partial charge in [-0.3, -0.25) is 21.6 Å². The van der Waals surface area contributed by atoms with Gasteiger partial charge in [0.1, 0.15) is 18.2 Å². The van der Waals surface area contributed by atoms with Crippen molar-refractivity contribution in [3.63, 3.8) is 0 Å². The Labute approximate surface area is 114 Å². The Morgan fingerprint density at radius 2 is 1.45 bits per heavy atom. The fraction of sp³-hybridized carbons (Fsp3) is 0.500. The molecule has 0 saturated heterocycles. The number of nitrogens with zero attached hydrogens (tertiary/aromatic N) is 4. The maximum atomic E-state index is 7.44. The minimum absolute atomic E-state index is 0.148. The number of rotatable bonds is 9. The molecule has 0 spiro atoms. The second kappa shape index (κ2) is 8.23. The summed E-state index contributed by atoms with van der Waals surface area (Å²) in [6, 6.07) is 0. The Morgan fingerprint density at radius 3 is 1.85 bits per heavy atom. The lowest BCUT2D eigenvalue weighted by Crippen LogP contribution is -2.40. The molecule has 0 heterocycles. The van der Waals surface area contributed by atoms with Crippen LogP contribution in [0.1, 0.15) is 0 Å². The fourth-order valence-corrected chi connectivity index (χ4v) is 1.03. The largest absolute Gasteiger partial charge is 0.386 e. The first-order valence-electron chi connectivity index (χ1n) is 5.37. The molecule has 0 amide bonds. The molecular weight excluding hydrogens is 264 g/mol. The zero-order valence-electron chi connectivity index (χ0n) is 10.8. The highest BCUT2D eigenvalue weighted by Gasteiger charge is 2.27. The van der Waals surface area contributed by atoms with Crippen molar-refractivity contribution >= 4 is 23.3 Å². The van der Waals surface area contributed by atoms with E-state index in [1.165, 1.54) is 0 Å². The Balaban J connectivity index is 5.20. The van der Waals surface area contributed by atoms with Gasteiger partial charge in [-0.2, -0.15) is 5.11 Å². The van der Waals surface area contributed by atoms with Crippen LogP contribution in [0.2, 0.25) is 0 Å². The van der Waals surface area contributed by atoms with Crippen LogP contribution in [0.15, 0.2) is 15.3 Å². The molecule has 12 N–H and O–H groups in total. The van der Waals surface area contributed by atoms with E-state index in [1.807, 2.05) is 0 Å². The molecule has 0 radical (unpaired) electrons. The summed E-state index contributed by atoms with van der Waals surface area (Å²) in [6.07, 6.45) is -1.10. The highest BCUT2D eigenvalue weighted by molar-refractivity contribution is 5.82. The van der Waals surface area contributed by atoms with E-state index in [2.05, 4.69) is 15.3 Å². The van der Waals surface area contributed by atoms with Crippen LogP contribution in [0.4, 0.5) is 0 Å². The summed E-state index contributed by atoms with van der Waals surface area (Å²) < 4.78 is 1.12. The second-order valence-corrected chi connectivity index (χ2v) is 3.72. The molecule has 1 unspecified atom stereocenters. The van der Waals surface area contributed by atoms with Crippen LogP contribution in [-0.2, 0) is 0 Å². The van der Waals surface area contributed by atoms with Gasteiger partial charge < -0.3 is 22.9 Å². The highest BCUT2D eigenvalue weighted by Crippen LogP contribution is 1.97. The first-order valence-corrected chi connectivity index (χ1v) is 5.37. The summed E-state index contributed by atoms with van der Waals surface area (Å²) in [5, 5.41) is 40.0. The van der Waals surface area contributed by atoms with Crippen molar-refractivity contribution < 1.29 is 4.70 Å². The van der Waals surface area contributed by atoms with Crippen molar-refractivity contribution in [2.45, 2.75) is 6.17 Å². The summed E-state index contributed by atoms with van der Waals surface area (Å²) in [5.74, 6) is -1.02. The van der Waals surface area contributed by atoms with E-state index >= 15 is 0 Å². The Hall–Kier alpha value is -2.92. The standard InChI is InChI=1S/C8H19N12/c9-4(10)1-17-19-8(7(15)16)20(3-6(13)14)18-2-5(11)12/h8H,1-3H2,(H3,9,10)(H3,11,12)(H3,13,14)(H3,15,16)/q+1. The lowest BCUT2D eigenvalue weighted by atomic mass is 10.4. The normalized spacial score (nSPS) is 13.1. The minimum Gasteiger partial charge on any atom is -0.386 e. The summed E-state index contributed by atoms with van der Waals surface area (Å²) >= 11 is 0. The molecule has 0 fully saturated rings. The Bertz CT molecular complexity index is 460. The molecular formula is C8H19N12+. The Morgan fingerprint density at radius 1 is 0.900 bits per heavy atom. The molecule has 0 aromatic carbocycles. The molecule has 0 bridgehead atoms. The van der Waals surface area contributed by atoms with E-state index in [0.717, 1.165) is 4.70 Å². The van der Waals surface area contributed by atoms with Crippen molar-refractivity contribution in [1.82, 2.24) is 0 Å². The van der Waals surface area contributed by atoms with Crippen LogP contribution in [0.5, 0.6) is 0 Å². The number of nitrogens with two attached hydrogens (primary N) is 4. The average Bonchev–Trinajstić information content (AvgIpc) is 2.29. The van der Waals surface area contributed by atoms with Crippen LogP contribution in [-0.4, -0.2) is 53.8 Å². The predicted molar refractivity (Wildman–Crippen MR) is 73.6 cm³/mol. The number of nitrogens with one attached hydrogen (secondary N) is 4. The molecule has 0 saturated carbocycles. The molecule has 0 rings (SSSR count). The second-order valence-electron chi connectivity index (χ2n) is 3.72. The zero-order valence-corrected chi connectivity index (χ0v) is 10.8. The molecule has 1 atom stereocenters. The maximum absolute atomic E-state index is 7.44. The predicted octanol–water partition coefficient (Wildman–Crippen LogP) is -2.03. The maximum Gasteiger partial charge on any atom is 0.344 e. The molecule has 12 nitrogen and oxygen atoms in total. The molecule has 20 heavy (non-hydrogen) atoms. The van der Waals surface area contributed by atoms with Gasteiger partial charge in [0.25, 0.3) is 0 Å². The van der Waals surface area contributed by atoms with Gasteiger partial charge in [-0.15, -0.1) is 5.11 Å². The van der Waals surface area contributed by atoms with Crippen LogP contribution in [0.3, 0.4) is 0 Å². The van der Waals surface area contributed by atoms with Gasteiger partial charge in [0, 0.05) is 0 Å². The van der Waals surface area contributed by atoms with Crippen molar-refractivity contribution in [3.8, 4) is 0 Å². The number of amidine groups is 4. The van der Waals surface area contributed by atoms with Gasteiger partial charge in [-0.1, -0.05) is 4.70 Å². The molecule has 110 valence electrons. The fourth-order valence-electron chi connectivity index (χ4n) is 1.03. The summed E-state index contributed by atoms with van der Waals surface area (Å²) in [7, 11) is 0. The van der Waals surface area contributed by atoms with E-state index in [0.29, 0.717) is 0 Å². The summed E-state index contributed by atoms with van der Waals surface area (Å²) in [6.45, 7) is -0.458. The van der Waals surface area contributed by atoms with Crippen molar-refractivity contribution in [2.24, 2.45) is 38.3 Å². The molecule has 0 aliphatic heterocycles. The van der Waals surface area contributed by atoms with E-state index in [1.54, 1.807) is 0 Å². The van der Waals surface area contributed by atoms with Gasteiger partial charge in [0.2, 0.25) is 6.54 Å². The van der Waals surface area contributed by atoms with E-state index in [4.69, 9.17) is 44.6 Å². The third-order valence-electron chi connectivity index (χ3n) is 1.75. The smallest absolute Gasteiger partial charge is 0.344 e. The van der Waals surface area contributed by atoms with Crippen LogP contribution < -0.4 is 22.9 Å². The summed E-state index contributed by atoms with van der Waals surface area (Å²) in [4.78, 5) is 0. The van der Waals surface area contributed by atoms with Gasteiger partial charge in [-0.05, 0) is 5.11 Å². The molecule has 0 aromatic heterocycles. The summed E-state index contributed by atoms with van der Waals surface area (Å²) in [5.41, 5.74) is 21.0. The van der Waals surface area contributed by atoms with E-state index < -0.39 is 6.17 Å². The number of hydrogen-bond acceptors (Lipinski definition) is 7. The SMILES string of the molecule is N=C(N)CN=NC(C(=N)N)[N+](CC(=N)N)=NCC(=N)N. The van der Waals surface area contributed by atoms with Crippen molar-refractivity contribution in [3.05, 3.63) is 0 Å². The number of azo groups is 3. The van der Waals surface area contributed by atoms with Gasteiger partial charge in [-0.25, -0.2) is 0 Å². The molecule has 12 heteroatoms. The van der Waals surface area contributed by atoms with Crippen LogP contribution >= 0.6 is 0 Å². The van der Waals surface area contributed by atoms with Gasteiger partial charge in [0.15, 0.2) is 18.2 Å². The van der Waals surface area contributed by atoms with Crippen molar-refractivity contribution in [2.75, 3.05) is 19.6 Å². The average molecular weight is 283 g/mol. The number of hydrogen-bond donors (Lipinski definition) is 8. The topological polar surface area (TPSA) is 240 Å². The lowest BCUT2D eigenvalue weighted by Gasteiger charge is -2.07. The minimum atomic E-state index is -1.10. The third-order valence-corrected chi connectivity index (χ3v) is 1.75. The van der Waals surface area contributed by atoms with Crippen LogP contribution in [0, 0.1) is 21.6 Å². The molecule has 0 aliphatic rings. The van der Waals surface area contributed by atoms with Gasteiger partial charge in [0.05, 0.1) is 0 Å². The quantitative estimate of drug-likeness (QED) is 0.103. The first kappa shape index (κ1) is 17.1. The zero-order chi connectivity index (χ0) is 15.7. The van der Waals surface area contributed by atoms with Crippen molar-refractivity contribution in [1.29, 1.82) is 21.6 Å². The third kappa shape index (κ3) is 7.41. The van der Waals surface area contributed by atoms with Crippen LogP contribution in [0.25, 0.3) is 0 Å². The lowest BCUT2D eigenvalue weighted by molar-refractivity contribution is -0.600. The van der Waals surface area contributed by atoms with E-state index in [-0.39, 0.29) is 43.0 Å². The van der Waals surface area contributed by atoms with Gasteiger partial charge >= 0.3 is 6.17 Å². The molecule has 0 aromatic rings.